The molecule has 1 saturated heterocycles. The molecular formula is C11H14ClN5O3. The highest BCUT2D eigenvalue weighted by Gasteiger charge is 2.36. The zero-order valence-corrected chi connectivity index (χ0v) is 11.4. The molecular weight excluding hydrogens is 286 g/mol. The summed E-state index contributed by atoms with van der Waals surface area (Å²) in [5.41, 5.74) is 1.09. The van der Waals surface area contributed by atoms with Crippen LogP contribution in [0.5, 0.6) is 0 Å². The minimum atomic E-state index is -0.732. The van der Waals surface area contributed by atoms with E-state index >= 15 is 0 Å². The third kappa shape index (κ3) is 2.10. The van der Waals surface area contributed by atoms with E-state index in [1.807, 2.05) is 0 Å². The van der Waals surface area contributed by atoms with Crippen molar-refractivity contribution in [2.75, 3.05) is 19.0 Å². The van der Waals surface area contributed by atoms with E-state index in [4.69, 9.17) is 21.4 Å². The van der Waals surface area contributed by atoms with Gasteiger partial charge in [0.25, 0.3) is 0 Å². The van der Waals surface area contributed by atoms with Crippen LogP contribution in [-0.2, 0) is 4.74 Å². The molecule has 108 valence electrons. The van der Waals surface area contributed by atoms with Crippen LogP contribution in [0.1, 0.15) is 12.6 Å². The van der Waals surface area contributed by atoms with Crippen molar-refractivity contribution in [2.45, 2.75) is 24.9 Å². The smallest absolute Gasteiger partial charge is 0.224 e. The number of aliphatic hydroxyl groups is 2. The molecule has 0 unspecified atom stereocenters. The number of nitrogens with zero attached hydrogens (tertiary/aromatic N) is 4. The Morgan fingerprint density at radius 1 is 1.55 bits per heavy atom. The fourth-order valence-electron chi connectivity index (χ4n) is 2.36. The molecule has 2 aromatic rings. The Hall–Kier alpha value is -1.48. The first-order chi connectivity index (χ1) is 9.63. The molecule has 9 heteroatoms. The fraction of sp³-hybridized carbons (Fsp3) is 0.545. The lowest BCUT2D eigenvalue weighted by molar-refractivity contribution is -0.0425. The normalized spacial score (nSPS) is 26.3. The van der Waals surface area contributed by atoms with E-state index in [1.165, 1.54) is 6.20 Å². The molecule has 3 atom stereocenters. The number of ether oxygens (including phenoxy) is 1. The van der Waals surface area contributed by atoms with Crippen molar-refractivity contribution in [3.05, 3.63) is 11.5 Å². The van der Waals surface area contributed by atoms with Gasteiger partial charge in [-0.2, -0.15) is 4.98 Å². The van der Waals surface area contributed by atoms with Crippen molar-refractivity contribution in [2.24, 2.45) is 0 Å². The Morgan fingerprint density at radius 3 is 3.00 bits per heavy atom. The molecule has 1 aliphatic heterocycles. The summed E-state index contributed by atoms with van der Waals surface area (Å²) in [5, 5.41) is 22.1. The first kappa shape index (κ1) is 13.5. The summed E-state index contributed by atoms with van der Waals surface area (Å²) in [5.74, 6) is 0.535. The molecule has 0 radical (unpaired) electrons. The summed E-state index contributed by atoms with van der Waals surface area (Å²) in [7, 11) is 1.72. The molecule has 0 aliphatic carbocycles. The van der Waals surface area contributed by atoms with Crippen molar-refractivity contribution in [1.29, 1.82) is 0 Å². The number of rotatable bonds is 3. The summed E-state index contributed by atoms with van der Waals surface area (Å²) in [4.78, 5) is 12.4. The van der Waals surface area contributed by atoms with Gasteiger partial charge in [-0.15, -0.1) is 0 Å². The van der Waals surface area contributed by atoms with Gasteiger partial charge < -0.3 is 20.3 Å². The van der Waals surface area contributed by atoms with Crippen LogP contribution >= 0.6 is 11.6 Å². The minimum absolute atomic E-state index is 0.110. The van der Waals surface area contributed by atoms with Crippen molar-refractivity contribution < 1.29 is 14.9 Å². The van der Waals surface area contributed by atoms with E-state index < -0.39 is 18.4 Å². The van der Waals surface area contributed by atoms with Crippen LogP contribution < -0.4 is 5.32 Å². The highest BCUT2D eigenvalue weighted by atomic mass is 35.5. The molecule has 1 fully saturated rings. The SMILES string of the molecule is CNc1nc2cnc(Cl)nc2n1[C@H]1C[C@@H](O)[C@H](CO)O1. The van der Waals surface area contributed by atoms with Gasteiger partial charge in [-0.1, -0.05) is 0 Å². The molecule has 3 rings (SSSR count). The largest absolute Gasteiger partial charge is 0.394 e. The summed E-state index contributed by atoms with van der Waals surface area (Å²) in [6.45, 7) is -0.241. The van der Waals surface area contributed by atoms with E-state index in [2.05, 4.69) is 20.3 Å². The van der Waals surface area contributed by atoms with E-state index in [1.54, 1.807) is 11.6 Å². The van der Waals surface area contributed by atoms with Gasteiger partial charge in [-0.3, -0.25) is 4.57 Å². The van der Waals surface area contributed by atoms with Crippen LogP contribution in [0.3, 0.4) is 0 Å². The summed E-state index contributed by atoms with van der Waals surface area (Å²) in [6, 6.07) is 0. The van der Waals surface area contributed by atoms with Gasteiger partial charge in [0.1, 0.15) is 17.8 Å². The lowest BCUT2D eigenvalue weighted by atomic mass is 10.2. The van der Waals surface area contributed by atoms with Crippen molar-refractivity contribution in [1.82, 2.24) is 19.5 Å². The molecule has 3 heterocycles. The molecule has 0 aromatic carbocycles. The Kier molecular flexibility index (Phi) is 3.47. The molecule has 1 aliphatic rings. The average molecular weight is 300 g/mol. The van der Waals surface area contributed by atoms with Gasteiger partial charge in [0, 0.05) is 13.5 Å². The van der Waals surface area contributed by atoms with Crippen molar-refractivity contribution >= 4 is 28.7 Å². The topological polar surface area (TPSA) is 105 Å². The van der Waals surface area contributed by atoms with Gasteiger partial charge in [0.05, 0.1) is 18.9 Å². The summed E-state index contributed by atoms with van der Waals surface area (Å²) < 4.78 is 7.35. The molecule has 0 spiro atoms. The number of aliphatic hydroxyl groups excluding tert-OH is 2. The Balaban J connectivity index is 2.08. The second-order valence-electron chi connectivity index (χ2n) is 4.52. The number of fused-ring (bicyclic) bond motifs is 1. The predicted octanol–water partition coefficient (Wildman–Crippen LogP) is 0.162. The zero-order chi connectivity index (χ0) is 14.3. The van der Waals surface area contributed by atoms with Crippen molar-refractivity contribution in [3.8, 4) is 0 Å². The van der Waals surface area contributed by atoms with Crippen LogP contribution in [0.25, 0.3) is 11.2 Å². The van der Waals surface area contributed by atoms with Gasteiger partial charge in [-0.05, 0) is 11.6 Å². The lowest BCUT2D eigenvalue weighted by Gasteiger charge is -2.16. The standard InChI is InChI=1S/C11H14ClN5O3/c1-13-11-15-5-3-14-10(12)16-9(5)17(11)8-2-6(19)7(4-18)20-8/h3,6-8,18-19H,2,4H2,1H3,(H,13,15)/t6-,7+,8-/m1/s1. The summed E-state index contributed by atoms with van der Waals surface area (Å²) >= 11 is 5.82. The maximum absolute atomic E-state index is 9.85. The third-order valence-electron chi connectivity index (χ3n) is 3.30. The molecule has 2 aromatic heterocycles. The van der Waals surface area contributed by atoms with E-state index in [0.717, 1.165) is 0 Å². The maximum atomic E-state index is 9.85. The van der Waals surface area contributed by atoms with E-state index in [0.29, 0.717) is 23.5 Å². The molecule has 0 amide bonds. The van der Waals surface area contributed by atoms with Gasteiger partial charge in [0.15, 0.2) is 5.65 Å². The van der Waals surface area contributed by atoms with Crippen LogP contribution in [0.2, 0.25) is 5.28 Å². The first-order valence-corrected chi connectivity index (χ1v) is 6.54. The minimum Gasteiger partial charge on any atom is -0.394 e. The van der Waals surface area contributed by atoms with Crippen molar-refractivity contribution in [3.63, 3.8) is 0 Å². The van der Waals surface area contributed by atoms with Gasteiger partial charge in [0.2, 0.25) is 11.2 Å². The lowest BCUT2D eigenvalue weighted by Crippen LogP contribution is -2.24. The Labute approximate surface area is 119 Å². The van der Waals surface area contributed by atoms with Gasteiger partial charge in [-0.25, -0.2) is 9.97 Å². The average Bonchev–Trinajstić information content (AvgIpc) is 2.98. The highest BCUT2D eigenvalue weighted by Crippen LogP contribution is 2.33. The Morgan fingerprint density at radius 2 is 2.35 bits per heavy atom. The van der Waals surface area contributed by atoms with E-state index in [-0.39, 0.29) is 11.9 Å². The molecule has 3 N–H and O–H groups in total. The highest BCUT2D eigenvalue weighted by molar-refractivity contribution is 6.28. The number of nitrogens with one attached hydrogen (secondary N) is 1. The van der Waals surface area contributed by atoms with Crippen LogP contribution in [0, 0.1) is 0 Å². The fourth-order valence-corrected chi connectivity index (χ4v) is 2.49. The van der Waals surface area contributed by atoms with Crippen LogP contribution in [0.15, 0.2) is 6.20 Å². The van der Waals surface area contributed by atoms with Crippen LogP contribution in [0.4, 0.5) is 5.95 Å². The van der Waals surface area contributed by atoms with Crippen LogP contribution in [-0.4, -0.2) is 55.6 Å². The van der Waals surface area contributed by atoms with E-state index in [9.17, 15) is 5.11 Å². The second kappa shape index (κ2) is 5.13. The number of hydrogen-bond acceptors (Lipinski definition) is 7. The number of halogens is 1. The number of imidazole rings is 1. The Bertz CT molecular complexity index is 634. The maximum Gasteiger partial charge on any atom is 0.224 e. The molecule has 20 heavy (non-hydrogen) atoms. The van der Waals surface area contributed by atoms with Gasteiger partial charge >= 0.3 is 0 Å². The number of aromatic nitrogens is 4. The third-order valence-corrected chi connectivity index (χ3v) is 3.48. The quantitative estimate of drug-likeness (QED) is 0.693. The monoisotopic (exact) mass is 299 g/mol. The second-order valence-corrected chi connectivity index (χ2v) is 4.86. The first-order valence-electron chi connectivity index (χ1n) is 6.16. The summed E-state index contributed by atoms with van der Waals surface area (Å²) in [6.07, 6.45) is 0.0497. The molecule has 8 nitrogen and oxygen atoms in total. The zero-order valence-electron chi connectivity index (χ0n) is 10.7. The number of anilines is 1. The predicted molar refractivity (Wildman–Crippen MR) is 71.5 cm³/mol. The molecule has 0 bridgehead atoms. The number of hydrogen-bond donors (Lipinski definition) is 3. The molecule has 0 saturated carbocycles.